The van der Waals surface area contributed by atoms with Crippen LogP contribution in [0.2, 0.25) is 0 Å². The molecule has 0 saturated carbocycles. The maximum Gasteiger partial charge on any atom is 0.325 e. The Kier molecular flexibility index (Phi) is 6.83. The van der Waals surface area contributed by atoms with Crippen molar-refractivity contribution < 1.29 is 14.2 Å². The monoisotopic (exact) mass is 465 g/mol. The Morgan fingerprint density at radius 3 is 2.73 bits per heavy atom. The van der Waals surface area contributed by atoms with Crippen LogP contribution in [0.5, 0.6) is 5.75 Å². The number of methoxy groups -OCH3 is 1. The first-order valence-electron chi connectivity index (χ1n) is 11.2. The second kappa shape index (κ2) is 9.79. The summed E-state index contributed by atoms with van der Waals surface area (Å²) in [6, 6.07) is 13.3. The third-order valence-electron chi connectivity index (χ3n) is 5.80. The van der Waals surface area contributed by atoms with Crippen molar-refractivity contribution in [3.8, 4) is 17.0 Å². The van der Waals surface area contributed by atoms with E-state index in [0.29, 0.717) is 22.1 Å². The van der Waals surface area contributed by atoms with Gasteiger partial charge in [-0.15, -0.1) is 0 Å². The Bertz CT molecular complexity index is 1240. The zero-order valence-electron chi connectivity index (χ0n) is 19.4. The van der Waals surface area contributed by atoms with Crippen molar-refractivity contribution in [1.29, 1.82) is 0 Å². The van der Waals surface area contributed by atoms with E-state index in [1.54, 1.807) is 23.6 Å². The summed E-state index contributed by atoms with van der Waals surface area (Å²) >= 11 is 1.53. The number of aromatic amines is 1. The van der Waals surface area contributed by atoms with Gasteiger partial charge < -0.3 is 4.74 Å². The zero-order valence-corrected chi connectivity index (χ0v) is 20.2. The number of unbranched alkanes of at least 4 members (excludes halogenated alkanes) is 2. The van der Waals surface area contributed by atoms with Crippen molar-refractivity contribution in [3.63, 3.8) is 0 Å². The van der Waals surface area contributed by atoms with Gasteiger partial charge in [-0.05, 0) is 53.9 Å². The molecule has 3 aromatic rings. The predicted octanol–water partition coefficient (Wildman–Crippen LogP) is 4.24. The van der Waals surface area contributed by atoms with Gasteiger partial charge in [-0.2, -0.15) is 0 Å². The Labute approximate surface area is 197 Å². The fourth-order valence-electron chi connectivity index (χ4n) is 4.26. The van der Waals surface area contributed by atoms with Crippen LogP contribution in [0.15, 0.2) is 52.4 Å². The number of anilines is 1. The van der Waals surface area contributed by atoms with Crippen molar-refractivity contribution in [2.75, 3.05) is 17.8 Å². The van der Waals surface area contributed by atoms with Crippen LogP contribution in [0, 0.1) is 6.92 Å². The molecule has 1 N–H and O–H groups in total. The SMILES string of the molecule is CCCCCSc1n[n+]2c(c(=O)[nH]1)-c1ccccc1N(C(C)=O)C2c1ccc(OC)c(C)c1. The molecule has 4 rings (SSSR count). The second-order valence-corrected chi connectivity index (χ2v) is 9.20. The van der Waals surface area contributed by atoms with E-state index in [4.69, 9.17) is 9.84 Å². The lowest BCUT2D eigenvalue weighted by Crippen LogP contribution is -2.60. The van der Waals surface area contributed by atoms with Crippen LogP contribution in [0.3, 0.4) is 0 Å². The van der Waals surface area contributed by atoms with E-state index in [1.807, 2.05) is 49.4 Å². The van der Waals surface area contributed by atoms with E-state index in [0.717, 1.165) is 41.9 Å². The van der Waals surface area contributed by atoms with Crippen molar-refractivity contribution in [3.05, 3.63) is 63.9 Å². The standard InChI is InChI=1S/C25H28N4O3S/c1-5-6-9-14-33-25-26-23(31)22-19-10-7-8-11-20(19)28(17(3)30)24(29(22)27-25)18-12-13-21(32-4)16(2)15-18/h7-8,10-13,15,24H,5-6,9,14H2,1-4H3/p+1. The minimum absolute atomic E-state index is 0.127. The number of hydrogen-bond donors (Lipinski definition) is 1. The van der Waals surface area contributed by atoms with Crippen LogP contribution in [0.4, 0.5) is 5.69 Å². The Morgan fingerprint density at radius 1 is 1.24 bits per heavy atom. The molecule has 7 nitrogen and oxygen atoms in total. The summed E-state index contributed by atoms with van der Waals surface area (Å²) in [4.78, 5) is 30.9. The van der Waals surface area contributed by atoms with Gasteiger partial charge >= 0.3 is 11.3 Å². The van der Waals surface area contributed by atoms with E-state index >= 15 is 0 Å². The van der Waals surface area contributed by atoms with Gasteiger partial charge in [0.25, 0.3) is 6.17 Å². The molecule has 1 aromatic heterocycles. The number of nitrogens with one attached hydrogen (secondary N) is 1. The summed E-state index contributed by atoms with van der Waals surface area (Å²) in [5.74, 6) is 1.51. The van der Waals surface area contributed by atoms with Gasteiger partial charge in [-0.3, -0.25) is 14.6 Å². The number of rotatable bonds is 7. The minimum Gasteiger partial charge on any atom is -0.496 e. The van der Waals surface area contributed by atoms with Gasteiger partial charge in [0, 0.05) is 23.3 Å². The molecule has 1 aliphatic rings. The molecular weight excluding hydrogens is 436 g/mol. The largest absolute Gasteiger partial charge is 0.496 e. The topological polar surface area (TPSA) is 79.2 Å². The lowest BCUT2D eigenvalue weighted by Gasteiger charge is -2.31. The average molecular weight is 466 g/mol. The molecule has 172 valence electrons. The van der Waals surface area contributed by atoms with Crippen LogP contribution >= 0.6 is 11.8 Å². The number of amides is 1. The van der Waals surface area contributed by atoms with Gasteiger partial charge in [-0.25, -0.2) is 4.90 Å². The first-order chi connectivity index (χ1) is 16.0. The summed E-state index contributed by atoms with van der Waals surface area (Å²) in [7, 11) is 1.63. The molecule has 1 unspecified atom stereocenters. The molecule has 0 spiro atoms. The number of carbonyl (C=O) groups excluding carboxylic acids is 1. The highest BCUT2D eigenvalue weighted by Crippen LogP contribution is 2.38. The van der Waals surface area contributed by atoms with E-state index in [1.165, 1.54) is 11.8 Å². The number of benzene rings is 2. The van der Waals surface area contributed by atoms with Crippen molar-refractivity contribution in [1.82, 2.24) is 10.1 Å². The lowest BCUT2D eigenvalue weighted by molar-refractivity contribution is -0.763. The first-order valence-corrected chi connectivity index (χ1v) is 12.2. The van der Waals surface area contributed by atoms with Crippen LogP contribution in [-0.2, 0) is 4.79 Å². The predicted molar refractivity (Wildman–Crippen MR) is 130 cm³/mol. The summed E-state index contributed by atoms with van der Waals surface area (Å²) in [6.45, 7) is 5.66. The quantitative estimate of drug-likeness (QED) is 0.321. The van der Waals surface area contributed by atoms with Crippen molar-refractivity contribution >= 4 is 23.4 Å². The van der Waals surface area contributed by atoms with Crippen LogP contribution in [0.25, 0.3) is 11.3 Å². The lowest BCUT2D eigenvalue weighted by atomic mass is 10.0. The summed E-state index contributed by atoms with van der Waals surface area (Å²) < 4.78 is 7.13. The highest BCUT2D eigenvalue weighted by atomic mass is 32.2. The molecule has 2 aromatic carbocycles. The summed E-state index contributed by atoms with van der Waals surface area (Å²) in [6.07, 6.45) is 2.73. The molecular formula is C25H29N4O3S+. The number of fused-ring (bicyclic) bond motifs is 3. The second-order valence-electron chi connectivity index (χ2n) is 8.12. The molecule has 0 bridgehead atoms. The number of carbonyl (C=O) groups is 1. The Balaban J connectivity index is 1.92. The average Bonchev–Trinajstić information content (AvgIpc) is 2.80. The smallest absolute Gasteiger partial charge is 0.325 e. The molecule has 2 heterocycles. The molecule has 33 heavy (non-hydrogen) atoms. The van der Waals surface area contributed by atoms with Gasteiger partial charge in [0.1, 0.15) is 5.75 Å². The van der Waals surface area contributed by atoms with Crippen molar-refractivity contribution in [2.24, 2.45) is 0 Å². The summed E-state index contributed by atoms with van der Waals surface area (Å²) in [5.41, 5.74) is 3.40. The molecule has 1 aliphatic heterocycles. The Morgan fingerprint density at radius 2 is 2.03 bits per heavy atom. The molecule has 1 amide bonds. The van der Waals surface area contributed by atoms with Gasteiger partial charge in [-0.1, -0.05) is 43.7 Å². The van der Waals surface area contributed by atoms with E-state index in [-0.39, 0.29) is 11.5 Å². The number of hydrogen-bond acceptors (Lipinski definition) is 5. The molecule has 0 fully saturated rings. The number of H-pyrrole nitrogens is 1. The Hall–Kier alpha value is -3.13. The maximum absolute atomic E-state index is 13.3. The van der Waals surface area contributed by atoms with Crippen LogP contribution in [0.1, 0.15) is 50.4 Å². The van der Waals surface area contributed by atoms with Gasteiger partial charge in [0.2, 0.25) is 11.1 Å². The van der Waals surface area contributed by atoms with E-state index < -0.39 is 6.17 Å². The maximum atomic E-state index is 13.3. The molecule has 0 saturated heterocycles. The number of aromatic nitrogens is 3. The first kappa shape index (κ1) is 23.0. The van der Waals surface area contributed by atoms with E-state index in [2.05, 4.69) is 11.9 Å². The highest BCUT2D eigenvalue weighted by Gasteiger charge is 2.44. The number of thioether (sulfide) groups is 1. The fourth-order valence-corrected chi connectivity index (χ4v) is 5.11. The van der Waals surface area contributed by atoms with E-state index in [9.17, 15) is 9.59 Å². The minimum atomic E-state index is -0.589. The third-order valence-corrected chi connectivity index (χ3v) is 6.75. The molecule has 8 heteroatoms. The van der Waals surface area contributed by atoms with Gasteiger partial charge in [0.05, 0.1) is 18.4 Å². The highest BCUT2D eigenvalue weighted by molar-refractivity contribution is 7.99. The normalized spacial score (nSPS) is 14.5. The fraction of sp³-hybridized carbons (Fsp3) is 0.360. The van der Waals surface area contributed by atoms with Crippen LogP contribution < -0.4 is 19.9 Å². The third kappa shape index (κ3) is 4.39. The van der Waals surface area contributed by atoms with Crippen LogP contribution in [-0.4, -0.2) is 28.9 Å². The van der Waals surface area contributed by atoms with Crippen molar-refractivity contribution in [2.45, 2.75) is 51.4 Å². The molecule has 0 radical (unpaired) electrons. The van der Waals surface area contributed by atoms with Gasteiger partial charge in [0.15, 0.2) is 0 Å². The zero-order chi connectivity index (χ0) is 23.5. The molecule has 0 aliphatic carbocycles. The number of ether oxygens (including phenoxy) is 1. The number of nitrogens with zero attached hydrogens (tertiary/aromatic N) is 3. The number of aryl methyl sites for hydroxylation is 1. The molecule has 1 atom stereocenters. The summed E-state index contributed by atoms with van der Waals surface area (Å²) in [5, 5.41) is 5.39. The number of para-hydroxylation sites is 1.